The topological polar surface area (TPSA) is 44.0 Å². The minimum atomic E-state index is -4.31. The highest BCUT2D eigenvalue weighted by molar-refractivity contribution is 5.63. The van der Waals surface area contributed by atoms with Gasteiger partial charge in [-0.2, -0.15) is 18.3 Å². The van der Waals surface area contributed by atoms with Crippen LogP contribution in [-0.2, 0) is 12.7 Å². The van der Waals surface area contributed by atoms with E-state index in [1.54, 1.807) is 6.20 Å². The summed E-state index contributed by atoms with van der Waals surface area (Å²) in [5, 5.41) is 10.7. The fraction of sp³-hybridized carbons (Fsp3) is 0.550. The van der Waals surface area contributed by atoms with Crippen LogP contribution < -0.4 is 5.32 Å². The van der Waals surface area contributed by atoms with Crippen molar-refractivity contribution >= 4 is 0 Å². The second-order valence-electron chi connectivity index (χ2n) is 7.66. The summed E-state index contributed by atoms with van der Waals surface area (Å²) in [6.45, 7) is 4.04. The molecule has 0 amide bonds. The summed E-state index contributed by atoms with van der Waals surface area (Å²) >= 11 is 0. The summed E-state index contributed by atoms with van der Waals surface area (Å²) in [6, 6.07) is 5.96. The fourth-order valence-electron chi connectivity index (χ4n) is 4.37. The zero-order valence-corrected chi connectivity index (χ0v) is 15.2. The highest BCUT2D eigenvalue weighted by Crippen LogP contribution is 2.32. The number of hydrogen-bond donors (Lipinski definition) is 2. The largest absolute Gasteiger partial charge is 0.416 e. The van der Waals surface area contributed by atoms with Gasteiger partial charge in [-0.25, -0.2) is 0 Å². The van der Waals surface area contributed by atoms with Gasteiger partial charge in [0.1, 0.15) is 0 Å². The molecule has 7 heteroatoms. The molecule has 3 heterocycles. The van der Waals surface area contributed by atoms with Gasteiger partial charge in [0, 0.05) is 18.2 Å². The van der Waals surface area contributed by atoms with Gasteiger partial charge in [0.25, 0.3) is 0 Å². The molecule has 0 bridgehead atoms. The third-order valence-corrected chi connectivity index (χ3v) is 5.91. The van der Waals surface area contributed by atoms with E-state index in [1.807, 2.05) is 0 Å². The van der Waals surface area contributed by atoms with Gasteiger partial charge in [0.05, 0.1) is 17.5 Å². The van der Waals surface area contributed by atoms with Gasteiger partial charge in [0.2, 0.25) is 0 Å². The number of nitrogens with zero attached hydrogens (tertiary/aromatic N) is 2. The van der Waals surface area contributed by atoms with Crippen molar-refractivity contribution in [1.29, 1.82) is 0 Å². The molecule has 146 valence electrons. The van der Waals surface area contributed by atoms with Crippen LogP contribution in [0.1, 0.15) is 36.8 Å². The number of alkyl halides is 3. The Morgan fingerprint density at radius 3 is 2.44 bits per heavy atom. The lowest BCUT2D eigenvalue weighted by molar-refractivity contribution is -0.137. The van der Waals surface area contributed by atoms with Gasteiger partial charge in [-0.05, 0) is 68.9 Å². The van der Waals surface area contributed by atoms with Crippen molar-refractivity contribution in [2.24, 2.45) is 5.92 Å². The molecule has 4 rings (SSSR count). The Morgan fingerprint density at radius 1 is 1.07 bits per heavy atom. The van der Waals surface area contributed by atoms with Gasteiger partial charge < -0.3 is 5.32 Å². The second kappa shape index (κ2) is 7.64. The molecular formula is C20H25F3N4. The van der Waals surface area contributed by atoms with E-state index in [4.69, 9.17) is 0 Å². The molecule has 0 spiro atoms. The minimum absolute atomic E-state index is 0.630. The Hall–Kier alpha value is -1.86. The van der Waals surface area contributed by atoms with Gasteiger partial charge in [-0.3, -0.25) is 10.00 Å². The lowest BCUT2D eigenvalue weighted by Gasteiger charge is -2.34. The molecule has 1 aromatic heterocycles. The SMILES string of the molecule is FC(F)(F)c1ccc(-c2[nH]ncc2CN2CCC(C3CCCN3)CC2)cc1. The number of nitrogens with one attached hydrogen (secondary N) is 2. The Morgan fingerprint density at radius 2 is 1.81 bits per heavy atom. The second-order valence-corrected chi connectivity index (χ2v) is 7.66. The van der Waals surface area contributed by atoms with Crippen LogP contribution >= 0.6 is 0 Å². The number of hydrogen-bond acceptors (Lipinski definition) is 3. The summed E-state index contributed by atoms with van der Waals surface area (Å²) in [7, 11) is 0. The van der Waals surface area contributed by atoms with Crippen molar-refractivity contribution in [2.75, 3.05) is 19.6 Å². The molecule has 2 aliphatic heterocycles. The number of halogens is 3. The molecule has 2 saturated heterocycles. The first-order chi connectivity index (χ1) is 13.0. The summed E-state index contributed by atoms with van der Waals surface area (Å²) < 4.78 is 38.3. The van der Waals surface area contributed by atoms with E-state index < -0.39 is 11.7 Å². The first-order valence-electron chi connectivity index (χ1n) is 9.66. The highest BCUT2D eigenvalue weighted by Gasteiger charge is 2.30. The van der Waals surface area contributed by atoms with E-state index in [0.29, 0.717) is 6.04 Å². The van der Waals surface area contributed by atoms with Crippen LogP contribution in [0.15, 0.2) is 30.5 Å². The van der Waals surface area contributed by atoms with Crippen LogP contribution in [0.25, 0.3) is 11.3 Å². The van der Waals surface area contributed by atoms with Gasteiger partial charge in [-0.15, -0.1) is 0 Å². The molecule has 2 fully saturated rings. The average molecular weight is 378 g/mol. The maximum absolute atomic E-state index is 12.8. The van der Waals surface area contributed by atoms with Crippen LogP contribution in [0.3, 0.4) is 0 Å². The van der Waals surface area contributed by atoms with Gasteiger partial charge >= 0.3 is 6.18 Å². The normalized spacial score (nSPS) is 22.4. The third kappa shape index (κ3) is 4.19. The van der Waals surface area contributed by atoms with Gasteiger partial charge in [0.15, 0.2) is 0 Å². The quantitative estimate of drug-likeness (QED) is 0.843. The van der Waals surface area contributed by atoms with Crippen LogP contribution in [0.2, 0.25) is 0 Å². The van der Waals surface area contributed by atoms with Crippen molar-refractivity contribution in [1.82, 2.24) is 20.4 Å². The third-order valence-electron chi connectivity index (χ3n) is 5.91. The smallest absolute Gasteiger partial charge is 0.314 e. The van der Waals surface area contributed by atoms with Crippen LogP contribution in [0, 0.1) is 5.92 Å². The monoisotopic (exact) mass is 378 g/mol. The van der Waals surface area contributed by atoms with Crippen LogP contribution in [0.4, 0.5) is 13.2 Å². The molecule has 0 aliphatic carbocycles. The van der Waals surface area contributed by atoms with Crippen molar-refractivity contribution in [3.63, 3.8) is 0 Å². The first kappa shape index (κ1) is 18.5. The minimum Gasteiger partial charge on any atom is -0.314 e. The summed E-state index contributed by atoms with van der Waals surface area (Å²) in [5.41, 5.74) is 1.95. The Bertz CT molecular complexity index is 739. The predicted molar refractivity (Wildman–Crippen MR) is 98.1 cm³/mol. The lowest BCUT2D eigenvalue weighted by Crippen LogP contribution is -2.40. The standard InChI is InChI=1S/C20H25F3N4/c21-20(22,23)17-5-3-15(4-6-17)19-16(12-25-26-19)13-27-10-7-14(8-11-27)18-2-1-9-24-18/h3-6,12,14,18,24H,1-2,7-11,13H2,(H,25,26). The number of rotatable bonds is 4. The molecule has 27 heavy (non-hydrogen) atoms. The number of benzene rings is 1. The van der Waals surface area contributed by atoms with E-state index in [-0.39, 0.29) is 0 Å². The number of aromatic nitrogens is 2. The highest BCUT2D eigenvalue weighted by atomic mass is 19.4. The molecule has 1 unspecified atom stereocenters. The first-order valence-corrected chi connectivity index (χ1v) is 9.66. The molecule has 0 saturated carbocycles. The summed E-state index contributed by atoms with van der Waals surface area (Å²) in [4.78, 5) is 2.42. The fourth-order valence-corrected chi connectivity index (χ4v) is 4.37. The molecule has 2 aromatic rings. The zero-order valence-electron chi connectivity index (χ0n) is 15.2. The van der Waals surface area contributed by atoms with Crippen LogP contribution in [-0.4, -0.2) is 40.8 Å². The predicted octanol–water partition coefficient (Wildman–Crippen LogP) is 4.06. The zero-order chi connectivity index (χ0) is 18.9. The summed E-state index contributed by atoms with van der Waals surface area (Å²) in [5.74, 6) is 0.766. The van der Waals surface area contributed by atoms with E-state index in [9.17, 15) is 13.2 Å². The molecule has 0 radical (unpaired) electrons. The molecule has 1 atom stereocenters. The summed E-state index contributed by atoms with van der Waals surface area (Å²) in [6.07, 6.45) is 2.46. The van der Waals surface area contributed by atoms with Crippen molar-refractivity contribution in [3.05, 3.63) is 41.6 Å². The molecule has 2 aliphatic rings. The molecule has 1 aromatic carbocycles. The lowest BCUT2D eigenvalue weighted by atomic mass is 9.88. The Balaban J connectivity index is 1.39. The van der Waals surface area contributed by atoms with Crippen molar-refractivity contribution in [2.45, 2.75) is 44.4 Å². The Kier molecular flexibility index (Phi) is 5.23. The van der Waals surface area contributed by atoms with E-state index >= 15 is 0 Å². The number of piperidine rings is 1. The molecule has 2 N–H and O–H groups in total. The molecule has 4 nitrogen and oxygen atoms in total. The van der Waals surface area contributed by atoms with Gasteiger partial charge in [-0.1, -0.05) is 12.1 Å². The van der Waals surface area contributed by atoms with E-state index in [2.05, 4.69) is 20.4 Å². The van der Waals surface area contributed by atoms with Crippen molar-refractivity contribution in [3.8, 4) is 11.3 Å². The van der Waals surface area contributed by atoms with Crippen molar-refractivity contribution < 1.29 is 13.2 Å². The number of likely N-dealkylation sites (tertiary alicyclic amines) is 1. The number of aromatic amines is 1. The maximum Gasteiger partial charge on any atom is 0.416 e. The Labute approximate surface area is 157 Å². The molecular weight excluding hydrogens is 353 g/mol. The van der Waals surface area contributed by atoms with E-state index in [0.717, 1.165) is 61.1 Å². The van der Waals surface area contributed by atoms with E-state index in [1.165, 1.54) is 37.8 Å². The number of H-pyrrole nitrogens is 1. The van der Waals surface area contributed by atoms with Crippen LogP contribution in [0.5, 0.6) is 0 Å². The average Bonchev–Trinajstić information content (AvgIpc) is 3.34. The maximum atomic E-state index is 12.8.